The molecule has 1 aromatic rings. The van der Waals surface area contributed by atoms with Crippen molar-refractivity contribution in [1.82, 2.24) is 5.32 Å². The molecule has 0 bridgehead atoms. The van der Waals surface area contributed by atoms with Gasteiger partial charge >= 0.3 is 5.97 Å². The van der Waals surface area contributed by atoms with E-state index >= 15 is 0 Å². The maximum Gasteiger partial charge on any atom is 0.311 e. The third-order valence-electron chi connectivity index (χ3n) is 4.65. The normalized spacial score (nSPS) is 16.9. The number of carbonyl (C=O) groups is 2. The maximum absolute atomic E-state index is 12.4. The van der Waals surface area contributed by atoms with Crippen LogP contribution in [-0.4, -0.2) is 38.2 Å². The zero-order valence-corrected chi connectivity index (χ0v) is 15.3. The van der Waals surface area contributed by atoms with Gasteiger partial charge in [0.05, 0.1) is 17.4 Å². The summed E-state index contributed by atoms with van der Waals surface area (Å²) in [6.07, 6.45) is 4.85. The van der Waals surface area contributed by atoms with E-state index in [2.05, 4.69) is 10.0 Å². The highest BCUT2D eigenvalue weighted by atomic mass is 32.2. The zero-order valence-electron chi connectivity index (χ0n) is 14.5. The minimum atomic E-state index is -3.45. The van der Waals surface area contributed by atoms with Crippen molar-refractivity contribution in [3.8, 4) is 0 Å². The van der Waals surface area contributed by atoms with E-state index in [4.69, 9.17) is 0 Å². The van der Waals surface area contributed by atoms with Gasteiger partial charge in [0, 0.05) is 12.1 Å². The fraction of sp³-hybridized carbons (Fsp3) is 0.529. The fourth-order valence-electron chi connectivity index (χ4n) is 3.12. The first-order chi connectivity index (χ1) is 11.6. The van der Waals surface area contributed by atoms with Gasteiger partial charge in [0.15, 0.2) is 0 Å². The lowest BCUT2D eigenvalue weighted by Crippen LogP contribution is -2.44. The SMILES string of the molecule is Cc1ccc(C(=O)NCC2(C(=O)O)CCCCC2)cc1NS(C)(=O)=O. The number of nitrogens with one attached hydrogen (secondary N) is 2. The van der Waals surface area contributed by atoms with Gasteiger partial charge in [0.25, 0.3) is 5.91 Å². The molecule has 1 amide bonds. The number of carboxylic acids is 1. The number of carboxylic acid groups (broad SMARTS) is 1. The minimum absolute atomic E-state index is 0.0733. The van der Waals surface area contributed by atoms with Crippen LogP contribution >= 0.6 is 0 Å². The fourth-order valence-corrected chi connectivity index (χ4v) is 3.74. The first-order valence-corrected chi connectivity index (χ1v) is 10.1. The second-order valence-electron chi connectivity index (χ2n) is 6.73. The van der Waals surface area contributed by atoms with E-state index in [1.54, 1.807) is 19.1 Å². The Balaban J connectivity index is 2.12. The quantitative estimate of drug-likeness (QED) is 0.712. The van der Waals surface area contributed by atoms with Crippen LogP contribution in [0.25, 0.3) is 0 Å². The third-order valence-corrected chi connectivity index (χ3v) is 5.24. The van der Waals surface area contributed by atoms with Gasteiger partial charge < -0.3 is 10.4 Å². The molecule has 138 valence electrons. The monoisotopic (exact) mass is 368 g/mol. The van der Waals surface area contributed by atoms with Crippen LogP contribution in [0.3, 0.4) is 0 Å². The van der Waals surface area contributed by atoms with E-state index in [9.17, 15) is 23.1 Å². The van der Waals surface area contributed by atoms with Crippen LogP contribution in [0.2, 0.25) is 0 Å². The molecule has 0 saturated heterocycles. The van der Waals surface area contributed by atoms with Crippen LogP contribution in [0.5, 0.6) is 0 Å². The molecule has 1 aliphatic carbocycles. The molecule has 0 aromatic heterocycles. The van der Waals surface area contributed by atoms with Gasteiger partial charge in [-0.1, -0.05) is 25.3 Å². The molecule has 1 fully saturated rings. The second kappa shape index (κ2) is 7.43. The standard InChI is InChI=1S/C17H24N2O5S/c1-12-6-7-13(10-14(12)19-25(2,23)24)15(20)18-11-17(16(21)22)8-4-3-5-9-17/h6-7,10,19H,3-5,8-9,11H2,1-2H3,(H,18,20)(H,21,22). The highest BCUT2D eigenvalue weighted by Gasteiger charge is 2.39. The molecule has 0 aliphatic heterocycles. The molecule has 7 nitrogen and oxygen atoms in total. The summed E-state index contributed by atoms with van der Waals surface area (Å²) in [7, 11) is -3.45. The maximum atomic E-state index is 12.4. The molecule has 1 saturated carbocycles. The summed E-state index contributed by atoms with van der Waals surface area (Å²) in [5.74, 6) is -1.29. The molecule has 0 heterocycles. The molecule has 3 N–H and O–H groups in total. The predicted octanol–water partition coefficient (Wildman–Crippen LogP) is 2.13. The third kappa shape index (κ3) is 4.94. The molecule has 1 aliphatic rings. The first kappa shape index (κ1) is 19.2. The highest BCUT2D eigenvalue weighted by molar-refractivity contribution is 7.92. The summed E-state index contributed by atoms with van der Waals surface area (Å²) >= 11 is 0. The topological polar surface area (TPSA) is 113 Å². The lowest BCUT2D eigenvalue weighted by molar-refractivity contribution is -0.150. The molecule has 1 aromatic carbocycles. The van der Waals surface area contributed by atoms with E-state index < -0.39 is 27.3 Å². The molecule has 8 heteroatoms. The van der Waals surface area contributed by atoms with Crippen molar-refractivity contribution in [2.75, 3.05) is 17.5 Å². The largest absolute Gasteiger partial charge is 0.481 e. The average molecular weight is 368 g/mol. The molecule has 2 rings (SSSR count). The first-order valence-electron chi connectivity index (χ1n) is 8.23. The Morgan fingerprint density at radius 2 is 1.84 bits per heavy atom. The summed E-state index contributed by atoms with van der Waals surface area (Å²) in [4.78, 5) is 24.1. The van der Waals surface area contributed by atoms with Gasteiger partial charge in [-0.25, -0.2) is 8.42 Å². The van der Waals surface area contributed by atoms with Crippen molar-refractivity contribution in [2.45, 2.75) is 39.0 Å². The van der Waals surface area contributed by atoms with E-state index in [-0.39, 0.29) is 12.1 Å². The van der Waals surface area contributed by atoms with Gasteiger partial charge in [-0.2, -0.15) is 0 Å². The minimum Gasteiger partial charge on any atom is -0.481 e. The van der Waals surface area contributed by atoms with Crippen LogP contribution in [0, 0.1) is 12.3 Å². The molecule has 25 heavy (non-hydrogen) atoms. The Labute approximate surface area is 147 Å². The Bertz CT molecular complexity index is 767. The number of hydrogen-bond donors (Lipinski definition) is 3. The smallest absolute Gasteiger partial charge is 0.311 e. The van der Waals surface area contributed by atoms with E-state index in [1.165, 1.54) is 6.07 Å². The number of carbonyl (C=O) groups excluding carboxylic acids is 1. The van der Waals surface area contributed by atoms with Crippen molar-refractivity contribution < 1.29 is 23.1 Å². The van der Waals surface area contributed by atoms with E-state index in [0.717, 1.165) is 25.5 Å². The Hall–Kier alpha value is -2.09. The summed E-state index contributed by atoms with van der Waals surface area (Å²) < 4.78 is 25.2. The van der Waals surface area contributed by atoms with Crippen LogP contribution in [-0.2, 0) is 14.8 Å². The molecular weight excluding hydrogens is 344 g/mol. The van der Waals surface area contributed by atoms with Crippen molar-refractivity contribution >= 4 is 27.6 Å². The summed E-state index contributed by atoms with van der Waals surface area (Å²) in [6, 6.07) is 4.70. The summed E-state index contributed by atoms with van der Waals surface area (Å²) in [5.41, 5.74) is 0.400. The Morgan fingerprint density at radius 3 is 2.40 bits per heavy atom. The van der Waals surface area contributed by atoms with Crippen LogP contribution in [0.1, 0.15) is 48.0 Å². The van der Waals surface area contributed by atoms with Gasteiger partial charge in [-0.15, -0.1) is 0 Å². The van der Waals surface area contributed by atoms with E-state index in [1.807, 2.05) is 0 Å². The number of benzene rings is 1. The number of sulfonamides is 1. The van der Waals surface area contributed by atoms with Gasteiger partial charge in [-0.3, -0.25) is 14.3 Å². The summed E-state index contributed by atoms with van der Waals surface area (Å²) in [5, 5.41) is 12.3. The van der Waals surface area contributed by atoms with Gasteiger partial charge in [-0.05, 0) is 37.5 Å². The van der Waals surface area contributed by atoms with Crippen molar-refractivity contribution in [3.63, 3.8) is 0 Å². The zero-order chi connectivity index (χ0) is 18.7. The lowest BCUT2D eigenvalue weighted by atomic mass is 9.74. The molecule has 0 spiro atoms. The van der Waals surface area contributed by atoms with Gasteiger partial charge in [0.2, 0.25) is 10.0 Å². The molecule has 0 radical (unpaired) electrons. The number of anilines is 1. The lowest BCUT2D eigenvalue weighted by Gasteiger charge is -2.33. The molecule has 0 unspecified atom stereocenters. The number of aryl methyl sites for hydroxylation is 1. The van der Waals surface area contributed by atoms with Crippen LogP contribution < -0.4 is 10.0 Å². The van der Waals surface area contributed by atoms with Crippen molar-refractivity contribution in [1.29, 1.82) is 0 Å². The number of hydrogen-bond acceptors (Lipinski definition) is 4. The number of aliphatic carboxylic acids is 1. The summed E-state index contributed by atoms with van der Waals surface area (Å²) in [6.45, 7) is 1.81. The Kier molecular flexibility index (Phi) is 5.72. The van der Waals surface area contributed by atoms with Crippen molar-refractivity contribution in [3.05, 3.63) is 29.3 Å². The number of rotatable bonds is 6. The van der Waals surface area contributed by atoms with Crippen LogP contribution in [0.15, 0.2) is 18.2 Å². The average Bonchev–Trinajstić information content (AvgIpc) is 2.54. The van der Waals surface area contributed by atoms with E-state index in [0.29, 0.717) is 24.1 Å². The van der Waals surface area contributed by atoms with Crippen molar-refractivity contribution in [2.24, 2.45) is 5.41 Å². The highest BCUT2D eigenvalue weighted by Crippen LogP contribution is 2.36. The Morgan fingerprint density at radius 1 is 1.20 bits per heavy atom. The second-order valence-corrected chi connectivity index (χ2v) is 8.48. The van der Waals surface area contributed by atoms with Crippen LogP contribution in [0.4, 0.5) is 5.69 Å². The molecular formula is C17H24N2O5S. The predicted molar refractivity (Wildman–Crippen MR) is 95.1 cm³/mol. The number of amides is 1. The van der Waals surface area contributed by atoms with Gasteiger partial charge in [0.1, 0.15) is 0 Å². The molecule has 0 atom stereocenters.